The van der Waals surface area contributed by atoms with Crippen LogP contribution in [-0.4, -0.2) is 4.57 Å². The number of furan rings is 1. The summed E-state index contributed by atoms with van der Waals surface area (Å²) in [5, 5.41) is 7.30. The van der Waals surface area contributed by atoms with Gasteiger partial charge in [0.05, 0.1) is 21.4 Å². The van der Waals surface area contributed by atoms with Gasteiger partial charge in [-0.3, -0.25) is 0 Å². The minimum Gasteiger partial charge on any atom is -0.456 e. The number of nitrogens with zero attached hydrogens (tertiary/aromatic N) is 1. The predicted molar refractivity (Wildman–Crippen MR) is 243 cm³/mol. The van der Waals surface area contributed by atoms with E-state index in [4.69, 9.17) is 4.42 Å². The molecule has 57 heavy (non-hydrogen) atoms. The monoisotopic (exact) mass is 743 g/mol. The zero-order valence-electron chi connectivity index (χ0n) is 30.8. The Morgan fingerprint density at radius 1 is 0.316 bits per heavy atom. The van der Waals surface area contributed by atoms with Gasteiger partial charge < -0.3 is 8.98 Å². The van der Waals surface area contributed by atoms with E-state index in [0.29, 0.717) is 0 Å². The second kappa shape index (κ2) is 12.7. The van der Waals surface area contributed by atoms with E-state index in [2.05, 4.69) is 193 Å². The van der Waals surface area contributed by atoms with E-state index in [1.165, 1.54) is 86.6 Å². The average molecular weight is 744 g/mol. The van der Waals surface area contributed by atoms with Crippen molar-refractivity contribution >= 4 is 75.3 Å². The van der Waals surface area contributed by atoms with E-state index >= 15 is 0 Å². The summed E-state index contributed by atoms with van der Waals surface area (Å²) >= 11 is 1.90. The molecule has 0 amide bonds. The maximum absolute atomic E-state index is 6.36. The molecule has 3 heteroatoms. The van der Waals surface area contributed by atoms with Crippen molar-refractivity contribution in [3.8, 4) is 50.2 Å². The summed E-state index contributed by atoms with van der Waals surface area (Å²) in [4.78, 5) is 0. The Morgan fingerprint density at radius 3 is 1.54 bits per heavy atom. The Labute approximate surface area is 333 Å². The highest BCUT2D eigenvalue weighted by molar-refractivity contribution is 7.26. The minimum atomic E-state index is 0.907. The van der Waals surface area contributed by atoms with Crippen LogP contribution in [0.1, 0.15) is 0 Å². The van der Waals surface area contributed by atoms with Crippen LogP contribution in [-0.2, 0) is 0 Å². The molecule has 0 fully saturated rings. The summed E-state index contributed by atoms with van der Waals surface area (Å²) in [6.07, 6.45) is 0. The molecule has 12 aromatic rings. The van der Waals surface area contributed by atoms with Gasteiger partial charge in [0.2, 0.25) is 0 Å². The third kappa shape index (κ3) is 5.10. The van der Waals surface area contributed by atoms with Crippen molar-refractivity contribution in [2.24, 2.45) is 0 Å². The summed E-state index contributed by atoms with van der Waals surface area (Å²) < 4.78 is 11.4. The number of para-hydroxylation sites is 1. The zero-order valence-corrected chi connectivity index (χ0v) is 31.6. The van der Waals surface area contributed by atoms with Gasteiger partial charge in [0.25, 0.3) is 0 Å². The van der Waals surface area contributed by atoms with Gasteiger partial charge >= 0.3 is 0 Å². The first-order valence-corrected chi connectivity index (χ1v) is 20.2. The molecule has 12 rings (SSSR count). The fourth-order valence-electron chi connectivity index (χ4n) is 8.87. The van der Waals surface area contributed by atoms with Crippen LogP contribution < -0.4 is 0 Å². The van der Waals surface area contributed by atoms with E-state index in [9.17, 15) is 0 Å². The molecule has 0 saturated carbocycles. The van der Waals surface area contributed by atoms with Gasteiger partial charge in [-0.15, -0.1) is 11.3 Å². The number of benzene rings is 9. The van der Waals surface area contributed by atoms with E-state index in [0.717, 1.165) is 27.5 Å². The Kier molecular flexibility index (Phi) is 7.13. The lowest BCUT2D eigenvalue weighted by Gasteiger charge is -2.10. The number of aromatic nitrogens is 1. The SMILES string of the molecule is c1ccc(-c2ccc3c(c2)c2cc(-c4ccccc4)ccc2n3-c2cccc3c2sc2c(-c4ccccc4)cc(-c4ccc5c(c4)oc4ccccc45)cc23)cc1. The van der Waals surface area contributed by atoms with Crippen LogP contribution >= 0.6 is 11.3 Å². The van der Waals surface area contributed by atoms with Crippen LogP contribution in [0, 0.1) is 0 Å². The topological polar surface area (TPSA) is 18.1 Å². The van der Waals surface area contributed by atoms with E-state index in [1.807, 2.05) is 23.5 Å². The van der Waals surface area contributed by atoms with Crippen molar-refractivity contribution in [1.29, 1.82) is 0 Å². The molecule has 0 aliphatic rings. The van der Waals surface area contributed by atoms with Crippen molar-refractivity contribution in [3.05, 3.63) is 200 Å². The molecule has 3 aromatic heterocycles. The fraction of sp³-hybridized carbons (Fsp3) is 0. The Hall–Kier alpha value is -7.20. The standard InChI is InChI=1S/C54H33NOS/c1-4-13-34(14-5-1)37-24-27-48-45(29-37)46-30-38(35-15-6-2-7-16-35)25-28-49(46)55(48)50-21-12-20-43-47-32-40(31-44(53(47)57-54(43)50)36-17-8-3-9-18-36)39-23-26-42-41-19-10-11-22-51(41)56-52(42)33-39/h1-33H. The van der Waals surface area contributed by atoms with Crippen molar-refractivity contribution in [1.82, 2.24) is 4.57 Å². The number of thiophene rings is 1. The van der Waals surface area contributed by atoms with Gasteiger partial charge in [-0.1, -0.05) is 140 Å². The third-order valence-corrected chi connectivity index (χ3v) is 12.9. The van der Waals surface area contributed by atoms with E-state index in [-0.39, 0.29) is 0 Å². The van der Waals surface area contributed by atoms with Gasteiger partial charge in [0.15, 0.2) is 0 Å². The molecule has 0 aliphatic carbocycles. The molecular formula is C54H33NOS. The quantitative estimate of drug-likeness (QED) is 0.172. The molecule has 0 spiro atoms. The largest absolute Gasteiger partial charge is 0.456 e. The van der Waals surface area contributed by atoms with Crippen molar-refractivity contribution in [2.75, 3.05) is 0 Å². The minimum absolute atomic E-state index is 0.907. The smallest absolute Gasteiger partial charge is 0.136 e. The molecule has 2 nitrogen and oxygen atoms in total. The number of hydrogen-bond donors (Lipinski definition) is 0. The molecule has 0 bridgehead atoms. The van der Waals surface area contributed by atoms with Gasteiger partial charge in [-0.2, -0.15) is 0 Å². The highest BCUT2D eigenvalue weighted by Gasteiger charge is 2.20. The predicted octanol–water partition coefficient (Wildman–Crippen LogP) is 15.7. The highest BCUT2D eigenvalue weighted by atomic mass is 32.1. The molecule has 0 radical (unpaired) electrons. The Bertz CT molecular complexity index is 3400. The second-order valence-electron chi connectivity index (χ2n) is 14.9. The third-order valence-electron chi connectivity index (χ3n) is 11.6. The lowest BCUT2D eigenvalue weighted by molar-refractivity contribution is 0.669. The lowest BCUT2D eigenvalue weighted by atomic mass is 9.95. The molecule has 0 aliphatic heterocycles. The number of rotatable bonds is 5. The molecule has 3 heterocycles. The van der Waals surface area contributed by atoms with Gasteiger partial charge in [-0.05, 0) is 99.6 Å². The van der Waals surface area contributed by atoms with Crippen molar-refractivity contribution in [3.63, 3.8) is 0 Å². The molecule has 0 saturated heterocycles. The molecule has 0 atom stereocenters. The van der Waals surface area contributed by atoms with Gasteiger partial charge in [-0.25, -0.2) is 0 Å². The van der Waals surface area contributed by atoms with Crippen LogP contribution in [0.15, 0.2) is 205 Å². The lowest BCUT2D eigenvalue weighted by Crippen LogP contribution is -1.94. The summed E-state index contributed by atoms with van der Waals surface area (Å²) in [6, 6.07) is 72.7. The van der Waals surface area contributed by atoms with Crippen molar-refractivity contribution < 1.29 is 4.42 Å². The maximum atomic E-state index is 6.36. The average Bonchev–Trinajstić information content (AvgIpc) is 3.96. The van der Waals surface area contributed by atoms with Crippen LogP contribution in [0.5, 0.6) is 0 Å². The Morgan fingerprint density at radius 2 is 0.860 bits per heavy atom. The number of fused-ring (bicyclic) bond motifs is 9. The zero-order chi connectivity index (χ0) is 37.5. The van der Waals surface area contributed by atoms with E-state index < -0.39 is 0 Å². The number of hydrogen-bond acceptors (Lipinski definition) is 2. The van der Waals surface area contributed by atoms with Crippen LogP contribution in [0.4, 0.5) is 0 Å². The molecular weight excluding hydrogens is 711 g/mol. The molecule has 0 unspecified atom stereocenters. The Balaban J connectivity index is 1.11. The highest BCUT2D eigenvalue weighted by Crippen LogP contribution is 2.47. The van der Waals surface area contributed by atoms with Gasteiger partial charge in [0.1, 0.15) is 11.2 Å². The summed E-state index contributed by atoms with van der Waals surface area (Å²) in [5.41, 5.74) is 15.0. The molecule has 0 N–H and O–H groups in total. The first-order chi connectivity index (χ1) is 28.2. The van der Waals surface area contributed by atoms with Crippen LogP contribution in [0.3, 0.4) is 0 Å². The normalized spacial score (nSPS) is 11.9. The molecule has 266 valence electrons. The summed E-state index contributed by atoms with van der Waals surface area (Å²) in [7, 11) is 0. The van der Waals surface area contributed by atoms with Gasteiger partial charge in [0, 0.05) is 42.6 Å². The maximum Gasteiger partial charge on any atom is 0.136 e. The first-order valence-electron chi connectivity index (χ1n) is 19.4. The second-order valence-corrected chi connectivity index (χ2v) is 15.9. The van der Waals surface area contributed by atoms with Crippen LogP contribution in [0.2, 0.25) is 0 Å². The fourth-order valence-corrected chi connectivity index (χ4v) is 10.2. The van der Waals surface area contributed by atoms with E-state index in [1.54, 1.807) is 0 Å². The first kappa shape index (κ1) is 32.1. The van der Waals surface area contributed by atoms with Crippen LogP contribution in [0.25, 0.3) is 114 Å². The summed E-state index contributed by atoms with van der Waals surface area (Å²) in [6.45, 7) is 0. The molecule has 9 aromatic carbocycles. The van der Waals surface area contributed by atoms with Crippen molar-refractivity contribution in [2.45, 2.75) is 0 Å². The summed E-state index contributed by atoms with van der Waals surface area (Å²) in [5.74, 6) is 0.